The quantitative estimate of drug-likeness (QED) is 0.678. The van der Waals surface area contributed by atoms with Crippen molar-refractivity contribution >= 4 is 11.1 Å². The van der Waals surface area contributed by atoms with E-state index in [1.807, 2.05) is 0 Å². The molecule has 1 atom stereocenters. The first-order chi connectivity index (χ1) is 7.68. The number of hydrogen-bond donors (Lipinski definition) is 0. The zero-order valence-electron chi connectivity index (χ0n) is 8.40. The van der Waals surface area contributed by atoms with Gasteiger partial charge in [-0.15, -0.1) is 10.2 Å². The van der Waals surface area contributed by atoms with E-state index < -0.39 is 11.1 Å². The van der Waals surface area contributed by atoms with E-state index >= 15 is 0 Å². The van der Waals surface area contributed by atoms with Gasteiger partial charge >= 0.3 is 0 Å². The molecule has 0 aromatic carbocycles. The van der Waals surface area contributed by atoms with Crippen LogP contribution >= 0.6 is 0 Å². The molecule has 0 N–H and O–H groups in total. The molecular formula is C8H8N5O2S-. The topological polar surface area (TPSA) is 96.6 Å². The molecule has 1 unspecified atom stereocenters. The molecule has 8 heteroatoms. The van der Waals surface area contributed by atoms with Crippen LogP contribution in [-0.2, 0) is 23.9 Å². The Hall–Kier alpha value is -1.67. The Morgan fingerprint density at radius 1 is 1.38 bits per heavy atom. The second-order valence-electron chi connectivity index (χ2n) is 3.07. The predicted octanol–water partition coefficient (Wildman–Crippen LogP) is -0.349. The molecule has 0 aliphatic rings. The summed E-state index contributed by atoms with van der Waals surface area (Å²) < 4.78 is 22.7. The molecule has 2 aromatic rings. The molecule has 0 spiro atoms. The fourth-order valence-corrected chi connectivity index (χ4v) is 1.72. The lowest BCUT2D eigenvalue weighted by atomic mass is 10.3. The molecule has 84 valence electrons. The van der Waals surface area contributed by atoms with E-state index in [2.05, 4.69) is 20.2 Å². The molecule has 0 fully saturated rings. The van der Waals surface area contributed by atoms with Crippen LogP contribution in [0.25, 0.3) is 11.4 Å². The number of nitrogens with zero attached hydrogens (tertiary/aromatic N) is 5. The molecule has 0 saturated heterocycles. The van der Waals surface area contributed by atoms with Gasteiger partial charge in [0, 0.05) is 19.4 Å². The normalized spacial score (nSPS) is 12.6. The molecule has 0 aliphatic heterocycles. The molecule has 0 amide bonds. The Labute approximate surface area is 93.9 Å². The van der Waals surface area contributed by atoms with Gasteiger partial charge in [0.05, 0.1) is 11.3 Å². The van der Waals surface area contributed by atoms with Gasteiger partial charge in [-0.2, -0.15) is 0 Å². The molecule has 0 saturated carbocycles. The van der Waals surface area contributed by atoms with Crippen molar-refractivity contribution in [3.63, 3.8) is 0 Å². The summed E-state index contributed by atoms with van der Waals surface area (Å²) in [4.78, 5) is 7.72. The van der Waals surface area contributed by atoms with Crippen molar-refractivity contribution in [2.45, 2.75) is 5.75 Å². The molecule has 2 aromatic heterocycles. The van der Waals surface area contributed by atoms with Crippen LogP contribution in [0.2, 0.25) is 0 Å². The van der Waals surface area contributed by atoms with E-state index in [0.29, 0.717) is 17.2 Å². The van der Waals surface area contributed by atoms with E-state index in [1.165, 1.54) is 6.33 Å². The second-order valence-corrected chi connectivity index (χ2v) is 3.97. The smallest absolute Gasteiger partial charge is 0.166 e. The average molecular weight is 238 g/mol. The van der Waals surface area contributed by atoms with Crippen LogP contribution in [0, 0.1) is 0 Å². The van der Waals surface area contributed by atoms with Gasteiger partial charge < -0.3 is 9.12 Å². The van der Waals surface area contributed by atoms with Crippen LogP contribution in [-0.4, -0.2) is 33.5 Å². The van der Waals surface area contributed by atoms with Gasteiger partial charge in [-0.1, -0.05) is 0 Å². The number of aromatic nitrogens is 5. The fourth-order valence-electron chi connectivity index (χ4n) is 1.26. The predicted molar refractivity (Wildman–Crippen MR) is 54.7 cm³/mol. The highest BCUT2D eigenvalue weighted by Crippen LogP contribution is 2.14. The maximum absolute atomic E-state index is 10.6. The SMILES string of the molecule is Cn1c(CS(=O)[O-])nnc1-c1cncnc1. The first-order valence-electron chi connectivity index (χ1n) is 4.38. The minimum Gasteiger partial charge on any atom is -0.772 e. The third-order valence-electron chi connectivity index (χ3n) is 2.03. The van der Waals surface area contributed by atoms with Crippen LogP contribution < -0.4 is 0 Å². The summed E-state index contributed by atoms with van der Waals surface area (Å²) in [6, 6.07) is 0. The summed E-state index contributed by atoms with van der Waals surface area (Å²) >= 11 is -2.17. The first-order valence-corrected chi connectivity index (χ1v) is 5.62. The Bertz CT molecular complexity index is 512. The van der Waals surface area contributed by atoms with Gasteiger partial charge in [-0.25, -0.2) is 9.97 Å². The molecule has 2 rings (SSSR count). The highest BCUT2D eigenvalue weighted by Gasteiger charge is 2.10. The summed E-state index contributed by atoms with van der Waals surface area (Å²) in [5.74, 6) is 0.769. The Morgan fingerprint density at radius 2 is 2.06 bits per heavy atom. The van der Waals surface area contributed by atoms with Crippen molar-refractivity contribution in [1.82, 2.24) is 24.7 Å². The van der Waals surface area contributed by atoms with E-state index in [4.69, 9.17) is 0 Å². The minimum absolute atomic E-state index is 0.156. The van der Waals surface area contributed by atoms with Crippen LogP contribution in [0.15, 0.2) is 18.7 Å². The van der Waals surface area contributed by atoms with Crippen LogP contribution in [0.4, 0.5) is 0 Å². The Kier molecular flexibility index (Phi) is 3.02. The van der Waals surface area contributed by atoms with Crippen LogP contribution in [0.1, 0.15) is 5.82 Å². The summed E-state index contributed by atoms with van der Waals surface area (Å²) in [6.45, 7) is 0. The largest absolute Gasteiger partial charge is 0.772 e. The van der Waals surface area contributed by atoms with Gasteiger partial charge in [0.1, 0.15) is 12.2 Å². The van der Waals surface area contributed by atoms with Gasteiger partial charge in [0.15, 0.2) is 5.82 Å². The molecule has 7 nitrogen and oxygen atoms in total. The Balaban J connectivity index is 2.37. The van der Waals surface area contributed by atoms with Crippen LogP contribution in [0.5, 0.6) is 0 Å². The van der Waals surface area contributed by atoms with Crippen molar-refractivity contribution in [2.75, 3.05) is 0 Å². The molecule has 16 heavy (non-hydrogen) atoms. The van der Waals surface area contributed by atoms with Crippen LogP contribution in [0.3, 0.4) is 0 Å². The number of hydrogen-bond acceptors (Lipinski definition) is 6. The lowest BCUT2D eigenvalue weighted by molar-refractivity contribution is 0.534. The zero-order chi connectivity index (χ0) is 11.5. The summed E-state index contributed by atoms with van der Waals surface area (Å²) in [6.07, 6.45) is 4.59. The standard InChI is InChI=1S/C8H9N5O2S/c1-13-7(4-16(14)15)11-12-8(13)6-2-9-5-10-3-6/h2-3,5H,4H2,1H3,(H,14,15)/p-1. The Morgan fingerprint density at radius 3 is 2.69 bits per heavy atom. The van der Waals surface area contributed by atoms with E-state index in [9.17, 15) is 8.76 Å². The maximum Gasteiger partial charge on any atom is 0.166 e. The van der Waals surface area contributed by atoms with E-state index in [-0.39, 0.29) is 5.75 Å². The lowest BCUT2D eigenvalue weighted by Gasteiger charge is -2.05. The monoisotopic (exact) mass is 238 g/mol. The number of rotatable bonds is 3. The van der Waals surface area contributed by atoms with Crippen molar-refractivity contribution in [3.05, 3.63) is 24.5 Å². The third-order valence-corrected chi connectivity index (χ3v) is 2.52. The third kappa shape index (κ3) is 2.12. The van der Waals surface area contributed by atoms with Crippen molar-refractivity contribution < 1.29 is 8.76 Å². The lowest BCUT2D eigenvalue weighted by Crippen LogP contribution is -2.03. The van der Waals surface area contributed by atoms with Crippen molar-refractivity contribution in [1.29, 1.82) is 0 Å². The first kappa shape index (κ1) is 10.8. The van der Waals surface area contributed by atoms with E-state index in [1.54, 1.807) is 24.0 Å². The summed E-state index contributed by atoms with van der Waals surface area (Å²) in [5, 5.41) is 7.70. The zero-order valence-corrected chi connectivity index (χ0v) is 9.22. The fraction of sp³-hybridized carbons (Fsp3) is 0.250. The molecule has 0 radical (unpaired) electrons. The molecule has 0 bridgehead atoms. The highest BCUT2D eigenvalue weighted by atomic mass is 32.2. The van der Waals surface area contributed by atoms with E-state index in [0.717, 1.165) is 0 Å². The van der Waals surface area contributed by atoms with Gasteiger partial charge in [0.25, 0.3) is 0 Å². The highest BCUT2D eigenvalue weighted by molar-refractivity contribution is 7.78. The summed E-state index contributed by atoms with van der Waals surface area (Å²) in [5.41, 5.74) is 0.695. The van der Waals surface area contributed by atoms with Gasteiger partial charge in [-0.3, -0.25) is 4.21 Å². The molecule has 0 aliphatic carbocycles. The minimum atomic E-state index is -2.17. The van der Waals surface area contributed by atoms with Gasteiger partial charge in [-0.05, 0) is 11.1 Å². The van der Waals surface area contributed by atoms with Crippen molar-refractivity contribution in [2.24, 2.45) is 7.05 Å². The molecule has 2 heterocycles. The maximum atomic E-state index is 10.6. The van der Waals surface area contributed by atoms with Gasteiger partial charge in [0.2, 0.25) is 0 Å². The van der Waals surface area contributed by atoms with Crippen molar-refractivity contribution in [3.8, 4) is 11.4 Å². The summed E-state index contributed by atoms with van der Waals surface area (Å²) in [7, 11) is 1.70. The molecular weight excluding hydrogens is 230 g/mol. The second kappa shape index (κ2) is 4.45. The average Bonchev–Trinajstić information content (AvgIpc) is 2.61.